The normalized spacial score (nSPS) is 10.6. The molecule has 0 fully saturated rings. The third kappa shape index (κ3) is 2.59. The summed E-state index contributed by atoms with van der Waals surface area (Å²) in [5, 5.41) is 5.21. The number of fused-ring (bicyclic) bond motifs is 1. The van der Waals surface area contributed by atoms with Gasteiger partial charge in [0.2, 0.25) is 0 Å². The van der Waals surface area contributed by atoms with Gasteiger partial charge in [-0.05, 0) is 25.1 Å². The molecule has 6 heteroatoms. The topological polar surface area (TPSA) is 61.2 Å². The van der Waals surface area contributed by atoms with Gasteiger partial charge in [0, 0.05) is 9.86 Å². The van der Waals surface area contributed by atoms with Crippen LogP contribution in [-0.2, 0) is 16.1 Å². The van der Waals surface area contributed by atoms with Gasteiger partial charge in [-0.1, -0.05) is 15.9 Å². The van der Waals surface area contributed by atoms with E-state index in [1.165, 1.54) is 0 Å². The summed E-state index contributed by atoms with van der Waals surface area (Å²) >= 11 is 3.33. The number of nitrogens with zero attached hydrogens (tertiary/aromatic N) is 2. The predicted molar refractivity (Wildman–Crippen MR) is 70.3 cm³/mol. The highest BCUT2D eigenvalue weighted by Gasteiger charge is 2.09. The maximum Gasteiger partial charge on any atom is 0.327 e. The lowest BCUT2D eigenvalue weighted by Gasteiger charge is -2.05. The van der Waals surface area contributed by atoms with Gasteiger partial charge in [-0.25, -0.2) is 4.68 Å². The molecule has 0 amide bonds. The van der Waals surface area contributed by atoms with E-state index in [1.54, 1.807) is 31.3 Å². The molecule has 0 saturated heterocycles. The van der Waals surface area contributed by atoms with Gasteiger partial charge in [0.1, 0.15) is 6.54 Å². The summed E-state index contributed by atoms with van der Waals surface area (Å²) in [5.41, 5.74) is -0.298. The van der Waals surface area contributed by atoms with Crippen molar-refractivity contribution in [3.8, 4) is 0 Å². The Morgan fingerprint density at radius 2 is 2.28 bits per heavy atom. The smallest absolute Gasteiger partial charge is 0.327 e. The Balaban J connectivity index is 2.42. The number of carbonyl (C=O) groups excluding carboxylic acids is 1. The van der Waals surface area contributed by atoms with Gasteiger partial charge < -0.3 is 4.74 Å². The van der Waals surface area contributed by atoms with E-state index >= 15 is 0 Å². The first kappa shape index (κ1) is 12.8. The molecule has 0 atom stereocenters. The minimum Gasteiger partial charge on any atom is -0.465 e. The van der Waals surface area contributed by atoms with E-state index in [2.05, 4.69) is 21.0 Å². The van der Waals surface area contributed by atoms with E-state index in [0.29, 0.717) is 5.39 Å². The predicted octanol–water partition coefficient (Wildman–Crippen LogP) is 1.72. The van der Waals surface area contributed by atoms with Crippen LogP contribution in [0.5, 0.6) is 0 Å². The van der Waals surface area contributed by atoms with Crippen LogP contribution in [0, 0.1) is 0 Å². The number of esters is 1. The summed E-state index contributed by atoms with van der Waals surface area (Å²) in [7, 11) is 0. The zero-order chi connectivity index (χ0) is 13.1. The first-order valence-corrected chi connectivity index (χ1v) is 6.22. The lowest BCUT2D eigenvalue weighted by molar-refractivity contribution is -0.144. The number of hydrogen-bond donors (Lipinski definition) is 0. The summed E-state index contributed by atoms with van der Waals surface area (Å²) < 4.78 is 6.77. The van der Waals surface area contributed by atoms with Gasteiger partial charge in [-0.15, -0.1) is 0 Å². The Morgan fingerprint density at radius 1 is 1.50 bits per heavy atom. The first-order chi connectivity index (χ1) is 8.61. The van der Waals surface area contributed by atoms with E-state index in [9.17, 15) is 9.59 Å². The number of aromatic nitrogens is 2. The number of hydrogen-bond acceptors (Lipinski definition) is 4. The van der Waals surface area contributed by atoms with E-state index < -0.39 is 5.97 Å². The summed E-state index contributed by atoms with van der Waals surface area (Å²) in [4.78, 5) is 23.4. The van der Waals surface area contributed by atoms with Crippen molar-refractivity contribution in [2.75, 3.05) is 6.61 Å². The van der Waals surface area contributed by atoms with Gasteiger partial charge in [-0.3, -0.25) is 9.59 Å². The minimum absolute atomic E-state index is 0.168. The van der Waals surface area contributed by atoms with E-state index in [4.69, 9.17) is 4.74 Å². The van der Waals surface area contributed by atoms with Crippen LogP contribution in [0.4, 0.5) is 0 Å². The van der Waals surface area contributed by atoms with Gasteiger partial charge in [0.25, 0.3) is 5.56 Å². The van der Waals surface area contributed by atoms with Crippen molar-refractivity contribution in [2.45, 2.75) is 13.5 Å². The number of halogens is 1. The zero-order valence-electron chi connectivity index (χ0n) is 9.72. The molecule has 0 aliphatic rings. The molecule has 0 aliphatic carbocycles. The second-order valence-electron chi connectivity index (χ2n) is 3.64. The quantitative estimate of drug-likeness (QED) is 0.810. The van der Waals surface area contributed by atoms with Gasteiger partial charge in [0.05, 0.1) is 18.2 Å². The van der Waals surface area contributed by atoms with Crippen LogP contribution >= 0.6 is 15.9 Å². The van der Waals surface area contributed by atoms with Crippen LogP contribution in [0.3, 0.4) is 0 Å². The average molecular weight is 311 g/mol. The fraction of sp³-hybridized carbons (Fsp3) is 0.250. The Labute approximate surface area is 111 Å². The fourth-order valence-electron chi connectivity index (χ4n) is 1.60. The van der Waals surface area contributed by atoms with E-state index in [1.807, 2.05) is 0 Å². The molecular weight excluding hydrogens is 300 g/mol. The molecule has 0 saturated carbocycles. The second-order valence-corrected chi connectivity index (χ2v) is 4.56. The van der Waals surface area contributed by atoms with Crippen LogP contribution in [0.25, 0.3) is 10.8 Å². The molecule has 1 aromatic carbocycles. The number of benzene rings is 1. The molecule has 0 aliphatic heterocycles. The maximum absolute atomic E-state index is 12.1. The summed E-state index contributed by atoms with van der Waals surface area (Å²) in [5.74, 6) is -0.469. The molecular formula is C12H11BrN2O3. The minimum atomic E-state index is -0.469. The lowest BCUT2D eigenvalue weighted by Crippen LogP contribution is -2.27. The van der Waals surface area contributed by atoms with Crippen LogP contribution in [0.1, 0.15) is 6.92 Å². The highest BCUT2D eigenvalue weighted by atomic mass is 79.9. The molecule has 2 rings (SSSR count). The average Bonchev–Trinajstić information content (AvgIpc) is 2.33. The van der Waals surface area contributed by atoms with Gasteiger partial charge in [0.15, 0.2) is 0 Å². The number of carbonyl (C=O) groups is 1. The van der Waals surface area contributed by atoms with Crippen molar-refractivity contribution in [3.05, 3.63) is 39.2 Å². The van der Waals surface area contributed by atoms with Crippen molar-refractivity contribution in [1.29, 1.82) is 0 Å². The monoisotopic (exact) mass is 310 g/mol. The first-order valence-electron chi connectivity index (χ1n) is 5.43. The van der Waals surface area contributed by atoms with Crippen LogP contribution in [0.2, 0.25) is 0 Å². The largest absolute Gasteiger partial charge is 0.465 e. The lowest BCUT2D eigenvalue weighted by atomic mass is 10.2. The van der Waals surface area contributed by atoms with Gasteiger partial charge in [-0.2, -0.15) is 5.10 Å². The molecule has 94 valence electrons. The highest BCUT2D eigenvalue weighted by molar-refractivity contribution is 9.10. The molecule has 1 aromatic heterocycles. The maximum atomic E-state index is 12.1. The highest BCUT2D eigenvalue weighted by Crippen LogP contribution is 2.15. The number of rotatable bonds is 3. The second kappa shape index (κ2) is 5.30. The summed E-state index contributed by atoms with van der Waals surface area (Å²) in [6, 6.07) is 5.28. The van der Waals surface area contributed by atoms with Crippen LogP contribution < -0.4 is 5.56 Å². The summed E-state index contributed by atoms with van der Waals surface area (Å²) in [6.07, 6.45) is 1.56. The zero-order valence-corrected chi connectivity index (χ0v) is 11.3. The molecule has 1 heterocycles. The molecule has 18 heavy (non-hydrogen) atoms. The van der Waals surface area contributed by atoms with Crippen molar-refractivity contribution >= 4 is 32.7 Å². The third-order valence-electron chi connectivity index (χ3n) is 2.40. The Bertz CT molecular complexity index is 651. The molecule has 2 aromatic rings. The molecule has 5 nitrogen and oxygen atoms in total. The van der Waals surface area contributed by atoms with Crippen molar-refractivity contribution in [2.24, 2.45) is 0 Å². The van der Waals surface area contributed by atoms with E-state index in [-0.39, 0.29) is 18.7 Å². The Kier molecular flexibility index (Phi) is 3.76. The van der Waals surface area contributed by atoms with Crippen LogP contribution in [-0.4, -0.2) is 22.4 Å². The summed E-state index contributed by atoms with van der Waals surface area (Å²) in [6.45, 7) is 1.83. The molecule has 0 spiro atoms. The molecule has 0 unspecified atom stereocenters. The molecule has 0 N–H and O–H groups in total. The number of ether oxygens (including phenoxy) is 1. The van der Waals surface area contributed by atoms with Crippen molar-refractivity contribution in [3.63, 3.8) is 0 Å². The standard InChI is InChI=1S/C12H11BrN2O3/c1-2-18-11(16)7-15-12(17)10-4-3-9(13)5-8(10)6-14-15/h3-6H,2,7H2,1H3. The molecule has 0 bridgehead atoms. The van der Waals surface area contributed by atoms with Crippen molar-refractivity contribution < 1.29 is 9.53 Å². The SMILES string of the molecule is CCOC(=O)Cn1ncc2cc(Br)ccc2c1=O. The van der Waals surface area contributed by atoms with E-state index in [0.717, 1.165) is 14.5 Å². The van der Waals surface area contributed by atoms with Crippen molar-refractivity contribution in [1.82, 2.24) is 9.78 Å². The fourth-order valence-corrected chi connectivity index (χ4v) is 1.98. The Hall–Kier alpha value is -1.69. The molecule has 0 radical (unpaired) electrons. The van der Waals surface area contributed by atoms with Crippen LogP contribution in [0.15, 0.2) is 33.7 Å². The third-order valence-corrected chi connectivity index (χ3v) is 2.89. The Morgan fingerprint density at radius 3 is 3.00 bits per heavy atom. The van der Waals surface area contributed by atoms with Gasteiger partial charge >= 0.3 is 5.97 Å².